The van der Waals surface area contributed by atoms with Gasteiger partial charge >= 0.3 is 0 Å². The third-order valence-corrected chi connectivity index (χ3v) is 6.15. The second-order valence-electron chi connectivity index (χ2n) is 6.49. The molecule has 0 unspecified atom stereocenters. The van der Waals surface area contributed by atoms with E-state index in [-0.39, 0.29) is 5.91 Å². The summed E-state index contributed by atoms with van der Waals surface area (Å²) in [6.45, 7) is 0. The van der Waals surface area contributed by atoms with E-state index in [4.69, 9.17) is 0 Å². The molecule has 4 rings (SSSR count). The Morgan fingerprint density at radius 3 is 2.74 bits per heavy atom. The molecule has 2 aromatic heterocycles. The predicted octanol–water partition coefficient (Wildman–Crippen LogP) is 4.68. The number of aromatic nitrogens is 4. The lowest BCUT2D eigenvalue weighted by molar-refractivity contribution is -0.113. The molecule has 2 heterocycles. The Labute approximate surface area is 170 Å². The largest absolute Gasteiger partial charge is 0.310 e. The van der Waals surface area contributed by atoms with Gasteiger partial charge in [0.15, 0.2) is 5.16 Å². The lowest BCUT2D eigenvalue weighted by Gasteiger charge is -2.14. The first-order valence-corrected chi connectivity index (χ1v) is 10.7. The van der Waals surface area contributed by atoms with Gasteiger partial charge in [0.05, 0.1) is 18.0 Å². The number of benzene rings is 1. The van der Waals surface area contributed by atoms with Crippen LogP contribution in [-0.2, 0) is 4.79 Å². The fourth-order valence-electron chi connectivity index (χ4n) is 3.36. The number of nitrogens with zero attached hydrogens (tertiary/aromatic N) is 4. The number of carbonyl (C=O) groups excluding carboxylic acids is 1. The molecular formula is C19H20BrN5OS. The van der Waals surface area contributed by atoms with Gasteiger partial charge in [-0.25, -0.2) is 9.67 Å². The summed E-state index contributed by atoms with van der Waals surface area (Å²) < 4.78 is 4.96. The topological polar surface area (TPSA) is 64.7 Å². The normalized spacial score (nSPS) is 14.6. The van der Waals surface area contributed by atoms with Gasteiger partial charge in [-0.2, -0.15) is 5.10 Å². The molecule has 3 aromatic rings. The van der Waals surface area contributed by atoms with Crippen LogP contribution in [0.5, 0.6) is 0 Å². The molecule has 0 atom stereocenters. The number of rotatable bonds is 6. The number of anilines is 1. The molecular weight excluding hydrogens is 426 g/mol. The van der Waals surface area contributed by atoms with E-state index in [1.165, 1.54) is 24.6 Å². The highest BCUT2D eigenvalue weighted by molar-refractivity contribution is 9.10. The Morgan fingerprint density at radius 2 is 1.96 bits per heavy atom. The van der Waals surface area contributed by atoms with Crippen LogP contribution in [0.15, 0.2) is 58.6 Å². The summed E-state index contributed by atoms with van der Waals surface area (Å²) >= 11 is 4.86. The summed E-state index contributed by atoms with van der Waals surface area (Å²) in [6, 6.07) is 10.3. The molecule has 1 saturated carbocycles. The SMILES string of the molecule is O=C(CSc1nccn1-c1ccc(Br)cc1)Nc1ccnn1C1CCCC1. The minimum Gasteiger partial charge on any atom is -0.310 e. The monoisotopic (exact) mass is 445 g/mol. The van der Waals surface area contributed by atoms with Crippen LogP contribution < -0.4 is 5.32 Å². The highest BCUT2D eigenvalue weighted by Gasteiger charge is 2.20. The van der Waals surface area contributed by atoms with Crippen LogP contribution >= 0.6 is 27.7 Å². The van der Waals surface area contributed by atoms with Crippen molar-refractivity contribution in [3.05, 3.63) is 53.4 Å². The molecule has 0 spiro atoms. The van der Waals surface area contributed by atoms with Crippen LogP contribution in [0.2, 0.25) is 0 Å². The summed E-state index contributed by atoms with van der Waals surface area (Å²) in [7, 11) is 0. The van der Waals surface area contributed by atoms with Gasteiger partial charge < -0.3 is 5.32 Å². The average Bonchev–Trinajstić information content (AvgIpc) is 3.42. The number of carbonyl (C=O) groups is 1. The first-order valence-electron chi connectivity index (χ1n) is 8.96. The Bertz CT molecular complexity index is 914. The van der Waals surface area contributed by atoms with Gasteiger partial charge in [-0.1, -0.05) is 40.5 Å². The van der Waals surface area contributed by atoms with Gasteiger partial charge in [0, 0.05) is 28.6 Å². The van der Waals surface area contributed by atoms with E-state index in [0.717, 1.165) is 34.0 Å². The van der Waals surface area contributed by atoms with Crippen molar-refractivity contribution in [3.8, 4) is 5.69 Å². The third-order valence-electron chi connectivity index (χ3n) is 4.65. The summed E-state index contributed by atoms with van der Waals surface area (Å²) in [5.74, 6) is 1.03. The standard InChI is InChI=1S/C19H20BrN5OS/c20-14-5-7-15(8-6-14)24-12-11-21-19(24)27-13-18(26)23-17-9-10-22-25(17)16-3-1-2-4-16/h5-12,16H,1-4,13H2,(H,23,26). The quantitative estimate of drug-likeness (QED) is 0.559. The molecule has 27 heavy (non-hydrogen) atoms. The van der Waals surface area contributed by atoms with Gasteiger partial charge in [-0.05, 0) is 37.1 Å². The fraction of sp³-hybridized carbons (Fsp3) is 0.316. The maximum Gasteiger partial charge on any atom is 0.235 e. The van der Waals surface area contributed by atoms with E-state index < -0.39 is 0 Å². The Kier molecular flexibility index (Phi) is 5.63. The van der Waals surface area contributed by atoms with Crippen LogP contribution in [0.1, 0.15) is 31.7 Å². The molecule has 8 heteroatoms. The zero-order valence-electron chi connectivity index (χ0n) is 14.7. The van der Waals surface area contributed by atoms with E-state index in [2.05, 4.69) is 31.3 Å². The number of hydrogen-bond acceptors (Lipinski definition) is 4. The van der Waals surface area contributed by atoms with E-state index in [1.54, 1.807) is 12.4 Å². The van der Waals surface area contributed by atoms with Crippen LogP contribution in [0.3, 0.4) is 0 Å². The lowest BCUT2D eigenvalue weighted by atomic mass is 10.2. The van der Waals surface area contributed by atoms with Crippen molar-refractivity contribution in [3.63, 3.8) is 0 Å². The van der Waals surface area contributed by atoms with Crippen molar-refractivity contribution < 1.29 is 4.79 Å². The highest BCUT2D eigenvalue weighted by atomic mass is 79.9. The first kappa shape index (κ1) is 18.3. The first-order chi connectivity index (χ1) is 13.2. The zero-order valence-corrected chi connectivity index (χ0v) is 17.1. The summed E-state index contributed by atoms with van der Waals surface area (Å²) in [5.41, 5.74) is 1.01. The molecule has 6 nitrogen and oxygen atoms in total. The molecule has 1 fully saturated rings. The van der Waals surface area contributed by atoms with Crippen molar-refractivity contribution in [2.75, 3.05) is 11.1 Å². The Morgan fingerprint density at radius 1 is 1.19 bits per heavy atom. The number of hydrogen-bond donors (Lipinski definition) is 1. The molecule has 1 aliphatic rings. The maximum absolute atomic E-state index is 12.4. The van der Waals surface area contributed by atoms with Crippen LogP contribution in [0.25, 0.3) is 5.69 Å². The second-order valence-corrected chi connectivity index (χ2v) is 8.35. The molecule has 0 radical (unpaired) electrons. The van der Waals surface area contributed by atoms with E-state index in [9.17, 15) is 4.79 Å². The van der Waals surface area contributed by atoms with Crippen molar-refractivity contribution in [1.82, 2.24) is 19.3 Å². The number of nitrogens with one attached hydrogen (secondary N) is 1. The molecule has 0 saturated heterocycles. The van der Waals surface area contributed by atoms with Gasteiger partial charge in [-0.3, -0.25) is 9.36 Å². The molecule has 1 amide bonds. The number of halogens is 1. The smallest absolute Gasteiger partial charge is 0.235 e. The number of thioether (sulfide) groups is 1. The molecule has 1 aromatic carbocycles. The average molecular weight is 446 g/mol. The number of imidazole rings is 1. The van der Waals surface area contributed by atoms with Crippen molar-refractivity contribution >= 4 is 39.4 Å². The van der Waals surface area contributed by atoms with Crippen molar-refractivity contribution in [1.29, 1.82) is 0 Å². The minimum atomic E-state index is -0.0508. The van der Waals surface area contributed by atoms with Gasteiger partial charge in [0.1, 0.15) is 5.82 Å². The van der Waals surface area contributed by atoms with Gasteiger partial charge in [0.2, 0.25) is 5.91 Å². The van der Waals surface area contributed by atoms with Gasteiger partial charge in [-0.15, -0.1) is 0 Å². The van der Waals surface area contributed by atoms with Crippen LogP contribution in [-0.4, -0.2) is 31.0 Å². The second kappa shape index (κ2) is 8.31. The molecule has 1 aliphatic carbocycles. The van der Waals surface area contributed by atoms with E-state index >= 15 is 0 Å². The third kappa shape index (κ3) is 4.27. The lowest BCUT2D eigenvalue weighted by Crippen LogP contribution is -2.19. The molecule has 1 N–H and O–H groups in total. The summed E-state index contributed by atoms with van der Waals surface area (Å²) in [5, 5.41) is 8.18. The maximum atomic E-state index is 12.4. The summed E-state index contributed by atoms with van der Waals surface area (Å²) in [6.07, 6.45) is 10.1. The van der Waals surface area contributed by atoms with E-state index in [1.807, 2.05) is 45.8 Å². The minimum absolute atomic E-state index is 0.0508. The van der Waals surface area contributed by atoms with Crippen molar-refractivity contribution in [2.45, 2.75) is 36.9 Å². The van der Waals surface area contributed by atoms with E-state index in [0.29, 0.717) is 11.8 Å². The Balaban J connectivity index is 1.39. The zero-order chi connectivity index (χ0) is 18.6. The molecule has 140 valence electrons. The highest BCUT2D eigenvalue weighted by Crippen LogP contribution is 2.31. The van der Waals surface area contributed by atoms with Gasteiger partial charge in [0.25, 0.3) is 0 Å². The Hall–Kier alpha value is -2.06. The fourth-order valence-corrected chi connectivity index (χ4v) is 4.39. The summed E-state index contributed by atoms with van der Waals surface area (Å²) in [4.78, 5) is 16.8. The van der Waals surface area contributed by atoms with Crippen molar-refractivity contribution in [2.24, 2.45) is 0 Å². The van der Waals surface area contributed by atoms with Crippen LogP contribution in [0, 0.1) is 0 Å². The van der Waals surface area contributed by atoms with Crippen LogP contribution in [0.4, 0.5) is 5.82 Å². The predicted molar refractivity (Wildman–Crippen MR) is 110 cm³/mol. The molecule has 0 aliphatic heterocycles. The molecule has 0 bridgehead atoms. The number of amides is 1.